The van der Waals surface area contributed by atoms with Gasteiger partial charge in [0, 0.05) is 18.8 Å². The highest BCUT2D eigenvalue weighted by atomic mass is 16.5. The predicted molar refractivity (Wildman–Crippen MR) is 74.2 cm³/mol. The minimum Gasteiger partial charge on any atom is -0.392 e. The summed E-state index contributed by atoms with van der Waals surface area (Å²) in [5, 5.41) is 9.32. The maximum Gasteiger partial charge on any atom is 0.129 e. The van der Waals surface area contributed by atoms with Crippen LogP contribution in [0.2, 0.25) is 0 Å². The Balaban J connectivity index is 1.81. The lowest BCUT2D eigenvalue weighted by Gasteiger charge is -2.38. The zero-order chi connectivity index (χ0) is 13.4. The Morgan fingerprint density at radius 2 is 2.16 bits per heavy atom. The van der Waals surface area contributed by atoms with Gasteiger partial charge in [-0.2, -0.15) is 0 Å². The molecule has 19 heavy (non-hydrogen) atoms. The average Bonchev–Trinajstić information content (AvgIpc) is 3.21. The molecule has 1 aromatic heterocycles. The molecule has 0 amide bonds. The number of hydrogen-bond donors (Lipinski definition) is 1. The van der Waals surface area contributed by atoms with Gasteiger partial charge in [-0.15, -0.1) is 0 Å². The molecule has 0 unspecified atom stereocenters. The van der Waals surface area contributed by atoms with Crippen molar-refractivity contribution in [1.29, 1.82) is 0 Å². The number of aromatic nitrogens is 1. The van der Waals surface area contributed by atoms with Crippen molar-refractivity contribution in [2.75, 3.05) is 18.0 Å². The van der Waals surface area contributed by atoms with E-state index in [0.717, 1.165) is 36.1 Å². The molecule has 2 aliphatic rings. The van der Waals surface area contributed by atoms with E-state index < -0.39 is 0 Å². The van der Waals surface area contributed by atoms with E-state index in [9.17, 15) is 5.11 Å². The number of aryl methyl sites for hydroxylation is 1. The molecule has 104 valence electrons. The van der Waals surface area contributed by atoms with Gasteiger partial charge < -0.3 is 14.7 Å². The summed E-state index contributed by atoms with van der Waals surface area (Å²) < 4.78 is 6.03. The second-order valence-corrected chi connectivity index (χ2v) is 5.86. The van der Waals surface area contributed by atoms with E-state index in [2.05, 4.69) is 16.8 Å². The van der Waals surface area contributed by atoms with Crippen LogP contribution in [0.5, 0.6) is 0 Å². The maximum absolute atomic E-state index is 9.32. The predicted octanol–water partition coefficient (Wildman–Crippen LogP) is 1.89. The number of ether oxygens (including phenoxy) is 1. The first kappa shape index (κ1) is 12.9. The molecule has 1 N–H and O–H groups in total. The lowest BCUT2D eigenvalue weighted by molar-refractivity contribution is -0.0273. The van der Waals surface area contributed by atoms with E-state index in [1.807, 2.05) is 19.1 Å². The lowest BCUT2D eigenvalue weighted by atomic mass is 10.1. The summed E-state index contributed by atoms with van der Waals surface area (Å²) in [5.74, 6) is 1.72. The van der Waals surface area contributed by atoms with Crippen LogP contribution in [0, 0.1) is 12.8 Å². The van der Waals surface area contributed by atoms with Gasteiger partial charge in [-0.05, 0) is 50.3 Å². The fourth-order valence-electron chi connectivity index (χ4n) is 2.88. The molecule has 2 heterocycles. The summed E-state index contributed by atoms with van der Waals surface area (Å²) in [6.45, 7) is 5.98. The monoisotopic (exact) mass is 262 g/mol. The molecule has 1 saturated heterocycles. The Kier molecular flexibility index (Phi) is 3.46. The smallest absolute Gasteiger partial charge is 0.129 e. The third-order valence-electron chi connectivity index (χ3n) is 3.94. The van der Waals surface area contributed by atoms with Crippen molar-refractivity contribution < 1.29 is 9.84 Å². The topological polar surface area (TPSA) is 45.6 Å². The SMILES string of the molecule is Cc1cc(CO)cc(N2C[C@@H](C3CC3)O[C@@H](C)C2)n1. The molecule has 0 bridgehead atoms. The van der Waals surface area contributed by atoms with E-state index >= 15 is 0 Å². The van der Waals surface area contributed by atoms with Crippen LogP contribution in [-0.2, 0) is 11.3 Å². The third-order valence-corrected chi connectivity index (χ3v) is 3.94. The second-order valence-electron chi connectivity index (χ2n) is 5.86. The molecule has 0 aromatic carbocycles. The molecular weight excluding hydrogens is 240 g/mol. The van der Waals surface area contributed by atoms with Gasteiger partial charge >= 0.3 is 0 Å². The van der Waals surface area contributed by atoms with Crippen LogP contribution in [0.3, 0.4) is 0 Å². The molecule has 2 atom stereocenters. The highest BCUT2D eigenvalue weighted by molar-refractivity contribution is 5.43. The Bertz CT molecular complexity index is 459. The van der Waals surface area contributed by atoms with Crippen LogP contribution in [0.25, 0.3) is 0 Å². The number of anilines is 1. The zero-order valence-electron chi connectivity index (χ0n) is 11.7. The first-order valence-electron chi connectivity index (χ1n) is 7.14. The summed E-state index contributed by atoms with van der Waals surface area (Å²) in [6, 6.07) is 3.93. The van der Waals surface area contributed by atoms with Crippen molar-refractivity contribution in [3.05, 3.63) is 23.4 Å². The fraction of sp³-hybridized carbons (Fsp3) is 0.667. The molecule has 1 aliphatic heterocycles. The number of aliphatic hydroxyl groups is 1. The fourth-order valence-corrected chi connectivity index (χ4v) is 2.88. The number of nitrogens with zero attached hydrogens (tertiary/aromatic N) is 2. The molecule has 1 aromatic rings. The minimum atomic E-state index is 0.0717. The van der Waals surface area contributed by atoms with Crippen molar-refractivity contribution in [3.8, 4) is 0 Å². The van der Waals surface area contributed by atoms with Crippen LogP contribution in [0.1, 0.15) is 31.0 Å². The van der Waals surface area contributed by atoms with E-state index in [1.165, 1.54) is 12.8 Å². The van der Waals surface area contributed by atoms with Gasteiger partial charge in [-0.1, -0.05) is 0 Å². The van der Waals surface area contributed by atoms with Crippen LogP contribution in [-0.4, -0.2) is 35.4 Å². The largest absolute Gasteiger partial charge is 0.392 e. The molecule has 0 spiro atoms. The number of rotatable bonds is 3. The van der Waals surface area contributed by atoms with E-state index in [-0.39, 0.29) is 12.7 Å². The summed E-state index contributed by atoms with van der Waals surface area (Å²) in [6.07, 6.45) is 3.20. The number of aliphatic hydroxyl groups excluding tert-OH is 1. The van der Waals surface area contributed by atoms with Crippen LogP contribution in [0.4, 0.5) is 5.82 Å². The van der Waals surface area contributed by atoms with Crippen molar-refractivity contribution >= 4 is 5.82 Å². The molecule has 2 fully saturated rings. The van der Waals surface area contributed by atoms with Gasteiger partial charge in [0.15, 0.2) is 0 Å². The van der Waals surface area contributed by atoms with E-state index in [0.29, 0.717) is 6.10 Å². The van der Waals surface area contributed by atoms with Crippen LogP contribution in [0.15, 0.2) is 12.1 Å². The molecule has 1 aliphatic carbocycles. The Hall–Kier alpha value is -1.13. The normalized spacial score (nSPS) is 27.6. The molecule has 3 rings (SSSR count). The molecular formula is C15H22N2O2. The molecule has 1 saturated carbocycles. The third kappa shape index (κ3) is 2.90. The number of hydrogen-bond acceptors (Lipinski definition) is 4. The summed E-state index contributed by atoms with van der Waals surface area (Å²) in [5.41, 5.74) is 1.90. The highest BCUT2D eigenvalue weighted by Gasteiger charge is 2.37. The van der Waals surface area contributed by atoms with Gasteiger partial charge in [0.05, 0.1) is 18.8 Å². The number of morpholine rings is 1. The van der Waals surface area contributed by atoms with E-state index in [1.54, 1.807) is 0 Å². The Morgan fingerprint density at radius 3 is 2.84 bits per heavy atom. The first-order chi connectivity index (χ1) is 9.15. The molecule has 4 heteroatoms. The van der Waals surface area contributed by atoms with Gasteiger partial charge in [0.25, 0.3) is 0 Å². The summed E-state index contributed by atoms with van der Waals surface area (Å²) in [7, 11) is 0. The van der Waals surface area contributed by atoms with Gasteiger partial charge in [0.2, 0.25) is 0 Å². The zero-order valence-corrected chi connectivity index (χ0v) is 11.7. The van der Waals surface area contributed by atoms with E-state index in [4.69, 9.17) is 4.74 Å². The average molecular weight is 262 g/mol. The first-order valence-corrected chi connectivity index (χ1v) is 7.14. The van der Waals surface area contributed by atoms with Crippen molar-refractivity contribution in [3.63, 3.8) is 0 Å². The van der Waals surface area contributed by atoms with Gasteiger partial charge in [-0.3, -0.25) is 0 Å². The van der Waals surface area contributed by atoms with Gasteiger partial charge in [-0.25, -0.2) is 4.98 Å². The van der Waals surface area contributed by atoms with Crippen molar-refractivity contribution in [2.24, 2.45) is 5.92 Å². The van der Waals surface area contributed by atoms with Crippen molar-refractivity contribution in [1.82, 2.24) is 4.98 Å². The summed E-state index contributed by atoms with van der Waals surface area (Å²) >= 11 is 0. The standard InChI is InChI=1S/C15H22N2O2/c1-10-5-12(9-18)6-15(16-10)17-7-11(2)19-14(8-17)13-3-4-13/h5-6,11,13-14,18H,3-4,7-9H2,1-2H3/t11-,14-/m0/s1. The van der Waals surface area contributed by atoms with Crippen molar-refractivity contribution in [2.45, 2.75) is 45.5 Å². The molecule has 0 radical (unpaired) electrons. The lowest BCUT2D eigenvalue weighted by Crippen LogP contribution is -2.48. The Morgan fingerprint density at radius 1 is 1.37 bits per heavy atom. The second kappa shape index (κ2) is 5.10. The van der Waals surface area contributed by atoms with Gasteiger partial charge in [0.1, 0.15) is 5.82 Å². The molecule has 4 nitrogen and oxygen atoms in total. The maximum atomic E-state index is 9.32. The summed E-state index contributed by atoms with van der Waals surface area (Å²) in [4.78, 5) is 6.92. The van der Waals surface area contributed by atoms with Crippen LogP contribution >= 0.6 is 0 Å². The Labute approximate surface area is 114 Å². The highest BCUT2D eigenvalue weighted by Crippen LogP contribution is 2.37. The minimum absolute atomic E-state index is 0.0717. The quantitative estimate of drug-likeness (QED) is 0.903. The van der Waals surface area contributed by atoms with Crippen LogP contribution < -0.4 is 4.90 Å². The number of pyridine rings is 1.